The predicted octanol–water partition coefficient (Wildman–Crippen LogP) is 1.54. The van der Waals surface area contributed by atoms with Crippen LogP contribution in [-0.2, 0) is 4.79 Å². The first-order valence-electron chi connectivity index (χ1n) is 2.77. The zero-order valence-electron chi connectivity index (χ0n) is 5.55. The molecule has 0 heterocycles. The summed E-state index contributed by atoms with van der Waals surface area (Å²) in [7, 11) is 0. The van der Waals surface area contributed by atoms with Gasteiger partial charge in [-0.1, -0.05) is 13.8 Å². The Kier molecular flexibility index (Phi) is 2.12. The summed E-state index contributed by atoms with van der Waals surface area (Å²) in [5, 5.41) is 8.39. The third-order valence-electron chi connectivity index (χ3n) is 1.81. The Morgan fingerprint density at radius 2 is 2.00 bits per heavy atom. The van der Waals surface area contributed by atoms with E-state index in [1.807, 2.05) is 13.8 Å². The molecular formula is C6H11ClO2. The van der Waals surface area contributed by atoms with Crippen LogP contribution in [0.3, 0.4) is 0 Å². The van der Waals surface area contributed by atoms with E-state index in [1.165, 1.54) is 0 Å². The Labute approximate surface area is 60.7 Å². The van der Waals surface area contributed by atoms with E-state index in [1.54, 1.807) is 0 Å². The first-order valence-corrected chi connectivity index (χ1v) is 2.77. The van der Waals surface area contributed by atoms with Crippen molar-refractivity contribution in [1.29, 1.82) is 0 Å². The Morgan fingerprint density at radius 3 is 2.00 bits per heavy atom. The zero-order valence-corrected chi connectivity index (χ0v) is 6.36. The fraction of sp³-hybridized carbons (Fsp3) is 0.833. The van der Waals surface area contributed by atoms with Crippen molar-refractivity contribution in [2.75, 3.05) is 0 Å². The van der Waals surface area contributed by atoms with E-state index in [2.05, 4.69) is 0 Å². The minimum Gasteiger partial charge on any atom is -0.481 e. The molecule has 1 aliphatic carbocycles. The van der Waals surface area contributed by atoms with Crippen LogP contribution in [0, 0.1) is 11.3 Å². The summed E-state index contributed by atoms with van der Waals surface area (Å²) >= 11 is 0. The molecule has 1 rings (SSSR count). The van der Waals surface area contributed by atoms with E-state index in [0.29, 0.717) is 0 Å². The van der Waals surface area contributed by atoms with Crippen molar-refractivity contribution in [2.45, 2.75) is 20.3 Å². The number of rotatable bonds is 1. The third kappa shape index (κ3) is 1.58. The average molecular weight is 151 g/mol. The van der Waals surface area contributed by atoms with Crippen LogP contribution in [0.5, 0.6) is 0 Å². The highest BCUT2D eigenvalue weighted by atomic mass is 35.5. The lowest BCUT2D eigenvalue weighted by Gasteiger charge is -1.94. The van der Waals surface area contributed by atoms with Crippen molar-refractivity contribution in [3.63, 3.8) is 0 Å². The lowest BCUT2D eigenvalue weighted by atomic mass is 10.1. The number of hydrogen-bond donors (Lipinski definition) is 1. The minimum atomic E-state index is -0.644. The van der Waals surface area contributed by atoms with Crippen molar-refractivity contribution in [3.05, 3.63) is 0 Å². The molecule has 9 heavy (non-hydrogen) atoms. The van der Waals surface area contributed by atoms with Gasteiger partial charge in [-0.05, 0) is 11.8 Å². The van der Waals surface area contributed by atoms with Gasteiger partial charge in [-0.15, -0.1) is 12.4 Å². The van der Waals surface area contributed by atoms with Crippen LogP contribution < -0.4 is 0 Å². The van der Waals surface area contributed by atoms with Crippen molar-refractivity contribution in [2.24, 2.45) is 11.3 Å². The lowest BCUT2D eigenvalue weighted by Crippen LogP contribution is -2.02. The van der Waals surface area contributed by atoms with Gasteiger partial charge in [-0.2, -0.15) is 0 Å². The topological polar surface area (TPSA) is 37.3 Å². The van der Waals surface area contributed by atoms with Gasteiger partial charge in [0.05, 0.1) is 5.92 Å². The molecule has 1 unspecified atom stereocenters. The first kappa shape index (κ1) is 8.76. The zero-order chi connectivity index (χ0) is 6.36. The SMILES string of the molecule is CC1(C)CC1C(=O)O.Cl. The summed E-state index contributed by atoms with van der Waals surface area (Å²) in [4.78, 5) is 10.2. The summed E-state index contributed by atoms with van der Waals surface area (Å²) in [5.41, 5.74) is 0.0891. The summed E-state index contributed by atoms with van der Waals surface area (Å²) in [6, 6.07) is 0. The molecule has 1 fully saturated rings. The van der Waals surface area contributed by atoms with Gasteiger partial charge in [0.15, 0.2) is 0 Å². The molecule has 1 saturated carbocycles. The van der Waals surface area contributed by atoms with Crippen LogP contribution in [0.2, 0.25) is 0 Å². The van der Waals surface area contributed by atoms with E-state index in [0.717, 1.165) is 6.42 Å². The average Bonchev–Trinajstić information content (AvgIpc) is 2.13. The van der Waals surface area contributed by atoms with Crippen LogP contribution in [0.25, 0.3) is 0 Å². The highest BCUT2D eigenvalue weighted by Gasteiger charge is 2.50. The predicted molar refractivity (Wildman–Crippen MR) is 36.8 cm³/mol. The van der Waals surface area contributed by atoms with Crippen molar-refractivity contribution >= 4 is 18.4 Å². The molecule has 0 saturated heterocycles. The summed E-state index contributed by atoms with van der Waals surface area (Å²) in [6.45, 7) is 3.96. The minimum absolute atomic E-state index is 0. The lowest BCUT2D eigenvalue weighted by molar-refractivity contribution is -0.139. The van der Waals surface area contributed by atoms with Gasteiger partial charge in [0.1, 0.15) is 0 Å². The largest absolute Gasteiger partial charge is 0.481 e. The Balaban J connectivity index is 0.000000640. The summed E-state index contributed by atoms with van der Waals surface area (Å²) in [6.07, 6.45) is 0.850. The smallest absolute Gasteiger partial charge is 0.307 e. The number of carbonyl (C=O) groups is 1. The second kappa shape index (κ2) is 2.18. The molecule has 0 radical (unpaired) electrons. The van der Waals surface area contributed by atoms with Gasteiger partial charge in [0, 0.05) is 0 Å². The first-order chi connectivity index (χ1) is 3.54. The van der Waals surface area contributed by atoms with Crippen LogP contribution in [0.4, 0.5) is 0 Å². The van der Waals surface area contributed by atoms with Gasteiger partial charge in [-0.3, -0.25) is 4.79 Å². The molecule has 0 aromatic carbocycles. The normalized spacial score (nSPS) is 28.4. The molecule has 2 nitrogen and oxygen atoms in total. The van der Waals surface area contributed by atoms with Crippen molar-refractivity contribution in [1.82, 2.24) is 0 Å². The van der Waals surface area contributed by atoms with E-state index in [9.17, 15) is 4.79 Å². The number of halogens is 1. The molecule has 1 N–H and O–H groups in total. The highest BCUT2D eigenvalue weighted by molar-refractivity contribution is 5.85. The van der Waals surface area contributed by atoms with Gasteiger partial charge in [0.2, 0.25) is 0 Å². The van der Waals surface area contributed by atoms with E-state index < -0.39 is 5.97 Å². The maximum absolute atomic E-state index is 10.2. The van der Waals surface area contributed by atoms with E-state index >= 15 is 0 Å². The molecule has 0 amide bonds. The monoisotopic (exact) mass is 150 g/mol. The molecule has 0 aromatic heterocycles. The number of aliphatic carboxylic acids is 1. The molecule has 0 aliphatic heterocycles. The molecular weight excluding hydrogens is 140 g/mol. The maximum atomic E-state index is 10.2. The van der Waals surface area contributed by atoms with Crippen molar-refractivity contribution in [3.8, 4) is 0 Å². The van der Waals surface area contributed by atoms with Crippen LogP contribution in [0.15, 0.2) is 0 Å². The standard InChI is InChI=1S/C6H10O2.ClH/c1-6(2)3-4(6)5(7)8;/h4H,3H2,1-2H3,(H,7,8);1H. The van der Waals surface area contributed by atoms with E-state index in [4.69, 9.17) is 5.11 Å². The fourth-order valence-corrected chi connectivity index (χ4v) is 0.889. The molecule has 54 valence electrons. The quantitative estimate of drug-likeness (QED) is 0.616. The van der Waals surface area contributed by atoms with Crippen LogP contribution in [0.1, 0.15) is 20.3 Å². The Morgan fingerprint density at radius 1 is 1.67 bits per heavy atom. The summed E-state index contributed by atoms with van der Waals surface area (Å²) < 4.78 is 0. The Bertz CT molecular complexity index is 131. The van der Waals surface area contributed by atoms with Gasteiger partial charge in [-0.25, -0.2) is 0 Å². The fourth-order valence-electron chi connectivity index (χ4n) is 0.889. The Hall–Kier alpha value is -0.240. The van der Waals surface area contributed by atoms with Crippen LogP contribution in [-0.4, -0.2) is 11.1 Å². The van der Waals surface area contributed by atoms with Crippen LogP contribution >= 0.6 is 12.4 Å². The number of carboxylic acid groups (broad SMARTS) is 1. The second-order valence-electron chi connectivity index (χ2n) is 3.08. The summed E-state index contributed by atoms with van der Waals surface area (Å²) in [5.74, 6) is -0.711. The number of carboxylic acids is 1. The van der Waals surface area contributed by atoms with E-state index in [-0.39, 0.29) is 23.7 Å². The molecule has 0 aromatic rings. The second-order valence-corrected chi connectivity index (χ2v) is 3.08. The molecule has 0 spiro atoms. The van der Waals surface area contributed by atoms with Crippen molar-refractivity contribution < 1.29 is 9.90 Å². The molecule has 1 aliphatic rings. The maximum Gasteiger partial charge on any atom is 0.307 e. The van der Waals surface area contributed by atoms with Gasteiger partial charge in [0.25, 0.3) is 0 Å². The van der Waals surface area contributed by atoms with Gasteiger partial charge >= 0.3 is 5.97 Å². The third-order valence-corrected chi connectivity index (χ3v) is 1.81. The number of hydrogen-bond acceptors (Lipinski definition) is 1. The molecule has 0 bridgehead atoms. The molecule has 3 heteroatoms. The highest BCUT2D eigenvalue weighted by Crippen LogP contribution is 2.51. The van der Waals surface area contributed by atoms with Gasteiger partial charge < -0.3 is 5.11 Å². The molecule has 1 atom stereocenters.